The quantitative estimate of drug-likeness (QED) is 0.527. The zero-order chi connectivity index (χ0) is 9.10. The van der Waals surface area contributed by atoms with Crippen molar-refractivity contribution in [3.63, 3.8) is 0 Å². The summed E-state index contributed by atoms with van der Waals surface area (Å²) in [5.74, 6) is 0. The van der Waals surface area contributed by atoms with E-state index >= 15 is 0 Å². The SMILES string of the molecule is OCCC1=C(C2=[C-]CC=C2)CC=C1.[Cl-].[Cl-].[Zr+3]. The Morgan fingerprint density at radius 2 is 1.94 bits per heavy atom. The van der Waals surface area contributed by atoms with Crippen molar-refractivity contribution >= 4 is 0 Å². The van der Waals surface area contributed by atoms with Crippen LogP contribution in [0.5, 0.6) is 0 Å². The van der Waals surface area contributed by atoms with Gasteiger partial charge in [0.25, 0.3) is 0 Å². The molecule has 0 aromatic rings. The second-order valence-electron chi connectivity index (χ2n) is 3.28. The smallest absolute Gasteiger partial charge is 1.00 e. The second-order valence-corrected chi connectivity index (χ2v) is 3.28. The zero-order valence-corrected chi connectivity index (χ0v) is 12.8. The summed E-state index contributed by atoms with van der Waals surface area (Å²) in [5, 5.41) is 8.87. The van der Waals surface area contributed by atoms with Crippen LogP contribution in [0.1, 0.15) is 19.3 Å². The summed E-state index contributed by atoms with van der Waals surface area (Å²) in [5.41, 5.74) is 3.85. The predicted octanol–water partition coefficient (Wildman–Crippen LogP) is -3.68. The number of hydrogen-bond acceptors (Lipinski definition) is 1. The van der Waals surface area contributed by atoms with Gasteiger partial charge in [0.2, 0.25) is 0 Å². The van der Waals surface area contributed by atoms with Crippen molar-refractivity contribution in [2.75, 3.05) is 6.61 Å². The largest absolute Gasteiger partial charge is 3.00 e. The van der Waals surface area contributed by atoms with E-state index < -0.39 is 0 Å². The van der Waals surface area contributed by atoms with E-state index in [-0.39, 0.29) is 57.6 Å². The van der Waals surface area contributed by atoms with E-state index in [0.717, 1.165) is 19.3 Å². The van der Waals surface area contributed by atoms with Gasteiger partial charge in [-0.3, -0.25) is 0 Å². The van der Waals surface area contributed by atoms with Crippen molar-refractivity contribution in [2.45, 2.75) is 19.3 Å². The van der Waals surface area contributed by atoms with E-state index in [2.05, 4.69) is 30.4 Å². The van der Waals surface area contributed by atoms with Gasteiger partial charge < -0.3 is 29.9 Å². The molecule has 2 aliphatic carbocycles. The number of aliphatic hydroxyl groups is 1. The molecule has 0 bridgehead atoms. The van der Waals surface area contributed by atoms with Crippen LogP contribution in [0.4, 0.5) is 0 Å². The van der Waals surface area contributed by atoms with E-state index in [0.29, 0.717) is 0 Å². The van der Waals surface area contributed by atoms with Crippen LogP contribution >= 0.6 is 0 Å². The third kappa shape index (κ3) is 4.33. The van der Waals surface area contributed by atoms with Crippen LogP contribution in [0.15, 0.2) is 41.0 Å². The van der Waals surface area contributed by atoms with Gasteiger partial charge in [-0.15, -0.1) is 11.6 Å². The van der Waals surface area contributed by atoms with Gasteiger partial charge in [-0.1, -0.05) is 30.6 Å². The molecule has 1 radical (unpaired) electrons. The first-order valence-electron chi connectivity index (χ1n) is 4.69. The third-order valence-corrected chi connectivity index (χ3v) is 2.43. The minimum atomic E-state index is 0. The molecule has 0 amide bonds. The molecule has 4 heteroatoms. The first kappa shape index (κ1) is 18.7. The second kappa shape index (κ2) is 9.42. The van der Waals surface area contributed by atoms with Crippen molar-refractivity contribution in [1.29, 1.82) is 0 Å². The Kier molecular flexibility index (Phi) is 11.0. The van der Waals surface area contributed by atoms with Gasteiger partial charge in [-0.2, -0.15) is 17.7 Å². The molecule has 2 rings (SSSR count). The summed E-state index contributed by atoms with van der Waals surface area (Å²) in [6, 6.07) is 0. The number of rotatable bonds is 3. The van der Waals surface area contributed by atoms with Crippen LogP contribution in [0.3, 0.4) is 0 Å². The molecule has 2 aliphatic rings. The first-order valence-corrected chi connectivity index (χ1v) is 4.69. The average Bonchev–Trinajstić information content (AvgIpc) is 2.71. The predicted molar refractivity (Wildman–Crippen MR) is 53.0 cm³/mol. The number of halogens is 2. The van der Waals surface area contributed by atoms with E-state index in [1.165, 1.54) is 16.7 Å². The van der Waals surface area contributed by atoms with Crippen molar-refractivity contribution in [1.82, 2.24) is 0 Å². The van der Waals surface area contributed by atoms with Gasteiger partial charge in [0.1, 0.15) is 0 Å². The van der Waals surface area contributed by atoms with Gasteiger partial charge in [-0.25, -0.2) is 0 Å². The van der Waals surface area contributed by atoms with Crippen LogP contribution in [-0.2, 0) is 26.2 Å². The monoisotopic (exact) mass is 333 g/mol. The first-order chi connectivity index (χ1) is 6.42. The Balaban J connectivity index is 0. The maximum atomic E-state index is 8.87. The van der Waals surface area contributed by atoms with Crippen LogP contribution in [0, 0.1) is 6.08 Å². The molecule has 1 N–H and O–H groups in total. The van der Waals surface area contributed by atoms with Gasteiger partial charge in [-0.05, 0) is 6.42 Å². The Labute approximate surface area is 128 Å². The molecular weight excluding hydrogens is 322 g/mol. The molecule has 0 aromatic heterocycles. The molecule has 0 atom stereocenters. The molecule has 0 fully saturated rings. The van der Waals surface area contributed by atoms with Crippen LogP contribution in [-0.4, -0.2) is 11.7 Å². The summed E-state index contributed by atoms with van der Waals surface area (Å²) in [6.45, 7) is 0.236. The van der Waals surface area contributed by atoms with Gasteiger partial charge >= 0.3 is 26.2 Å². The fraction of sp³-hybridized carbons (Fsp3) is 0.333. The summed E-state index contributed by atoms with van der Waals surface area (Å²) >= 11 is 0. The summed E-state index contributed by atoms with van der Waals surface area (Å²) in [4.78, 5) is 0. The number of allylic oxidation sites excluding steroid dienone is 7. The third-order valence-electron chi connectivity index (χ3n) is 2.43. The number of hydrogen-bond donors (Lipinski definition) is 1. The summed E-state index contributed by atoms with van der Waals surface area (Å²) in [7, 11) is 0. The minimum Gasteiger partial charge on any atom is -1.00 e. The Morgan fingerprint density at radius 1 is 1.19 bits per heavy atom. The van der Waals surface area contributed by atoms with E-state index in [4.69, 9.17) is 5.11 Å². The Morgan fingerprint density at radius 3 is 2.50 bits per heavy atom. The number of aliphatic hydroxyl groups excluding tert-OH is 1. The summed E-state index contributed by atoms with van der Waals surface area (Å²) in [6.07, 6.45) is 14.5. The van der Waals surface area contributed by atoms with Crippen LogP contribution < -0.4 is 24.8 Å². The molecule has 16 heavy (non-hydrogen) atoms. The zero-order valence-electron chi connectivity index (χ0n) is 8.84. The molecule has 0 aromatic carbocycles. The van der Waals surface area contributed by atoms with Crippen molar-refractivity contribution < 1.29 is 56.1 Å². The van der Waals surface area contributed by atoms with E-state index in [1.54, 1.807) is 0 Å². The van der Waals surface area contributed by atoms with Crippen LogP contribution in [0.2, 0.25) is 0 Å². The normalized spacial score (nSPS) is 16.4. The molecule has 0 aliphatic heterocycles. The van der Waals surface area contributed by atoms with Crippen molar-refractivity contribution in [3.8, 4) is 0 Å². The fourth-order valence-electron chi connectivity index (χ4n) is 1.80. The fourth-order valence-corrected chi connectivity index (χ4v) is 1.80. The molecular formula is C12H13Cl2OZr. The van der Waals surface area contributed by atoms with Gasteiger partial charge in [0.05, 0.1) is 0 Å². The average molecular weight is 335 g/mol. The standard InChI is InChI=1S/C12H13O.2ClH.Zr/c13-9-8-11-6-3-7-12(11)10-4-1-2-5-10;;;/h1,3-4,6,13H,2,7-9H2;2*1H;/q-1;;;+3/p-2. The van der Waals surface area contributed by atoms with E-state index in [1.807, 2.05) is 0 Å². The molecule has 1 nitrogen and oxygen atoms in total. The maximum Gasteiger partial charge on any atom is 3.00 e. The molecule has 0 heterocycles. The topological polar surface area (TPSA) is 20.2 Å². The maximum absolute atomic E-state index is 8.87. The van der Waals surface area contributed by atoms with Gasteiger partial charge in [0, 0.05) is 6.61 Å². The van der Waals surface area contributed by atoms with Crippen LogP contribution in [0.25, 0.3) is 0 Å². The molecule has 0 spiro atoms. The van der Waals surface area contributed by atoms with Crippen molar-refractivity contribution in [3.05, 3.63) is 47.1 Å². The molecule has 85 valence electrons. The Bertz CT molecular complexity index is 330. The van der Waals surface area contributed by atoms with Crippen molar-refractivity contribution in [2.24, 2.45) is 0 Å². The molecule has 0 saturated heterocycles. The van der Waals surface area contributed by atoms with Gasteiger partial charge in [0.15, 0.2) is 0 Å². The van der Waals surface area contributed by atoms with E-state index in [9.17, 15) is 0 Å². The minimum absolute atomic E-state index is 0. The Hall–Kier alpha value is 0.383. The summed E-state index contributed by atoms with van der Waals surface area (Å²) < 4.78 is 0. The molecule has 0 unspecified atom stereocenters. The molecule has 0 saturated carbocycles.